The Labute approximate surface area is 106 Å². The standard InChI is InChI=1S/C12H17ClN2O2/c1-6(2)9-11(13)14-10(7(3)4)12(15-9)17-8(5)16/h6-7H,1-5H3. The molecule has 4 nitrogen and oxygen atoms in total. The molecule has 0 spiro atoms. The van der Waals surface area contributed by atoms with E-state index in [4.69, 9.17) is 16.3 Å². The van der Waals surface area contributed by atoms with Crippen LogP contribution in [0.1, 0.15) is 57.8 Å². The Bertz CT molecular complexity index is 431. The zero-order chi connectivity index (χ0) is 13.2. The van der Waals surface area contributed by atoms with Crippen molar-refractivity contribution in [3.8, 4) is 5.88 Å². The van der Waals surface area contributed by atoms with E-state index in [1.54, 1.807) is 0 Å². The number of carbonyl (C=O) groups is 1. The zero-order valence-corrected chi connectivity index (χ0v) is 11.5. The third-order valence-electron chi connectivity index (χ3n) is 2.21. The van der Waals surface area contributed by atoms with Crippen molar-refractivity contribution >= 4 is 17.6 Å². The smallest absolute Gasteiger partial charge is 0.309 e. The second-order valence-corrected chi connectivity index (χ2v) is 4.85. The van der Waals surface area contributed by atoms with Gasteiger partial charge in [0.15, 0.2) is 5.15 Å². The van der Waals surface area contributed by atoms with Crippen LogP contribution in [-0.4, -0.2) is 15.9 Å². The number of esters is 1. The van der Waals surface area contributed by atoms with Crippen LogP contribution in [0.4, 0.5) is 0 Å². The van der Waals surface area contributed by atoms with E-state index in [1.807, 2.05) is 27.7 Å². The topological polar surface area (TPSA) is 52.1 Å². The van der Waals surface area contributed by atoms with Crippen LogP contribution in [0.15, 0.2) is 0 Å². The Hall–Kier alpha value is -1.16. The number of nitrogens with zero attached hydrogens (tertiary/aromatic N) is 2. The van der Waals surface area contributed by atoms with Crippen molar-refractivity contribution in [1.82, 2.24) is 9.97 Å². The Balaban J connectivity index is 3.31. The Morgan fingerprint density at radius 2 is 1.65 bits per heavy atom. The highest BCUT2D eigenvalue weighted by Gasteiger charge is 2.19. The first kappa shape index (κ1) is 13.9. The number of hydrogen-bond acceptors (Lipinski definition) is 4. The fraction of sp³-hybridized carbons (Fsp3) is 0.583. The van der Waals surface area contributed by atoms with Gasteiger partial charge in [-0.15, -0.1) is 0 Å². The molecule has 0 radical (unpaired) electrons. The minimum Gasteiger partial charge on any atom is -0.406 e. The zero-order valence-electron chi connectivity index (χ0n) is 10.7. The van der Waals surface area contributed by atoms with Gasteiger partial charge < -0.3 is 4.74 Å². The van der Waals surface area contributed by atoms with E-state index in [-0.39, 0.29) is 17.7 Å². The fourth-order valence-electron chi connectivity index (χ4n) is 1.38. The van der Waals surface area contributed by atoms with Crippen molar-refractivity contribution in [2.45, 2.75) is 46.5 Å². The van der Waals surface area contributed by atoms with Crippen molar-refractivity contribution in [3.05, 3.63) is 16.5 Å². The number of rotatable bonds is 3. The van der Waals surface area contributed by atoms with Crippen LogP contribution in [0.2, 0.25) is 5.15 Å². The molecular formula is C12H17ClN2O2. The van der Waals surface area contributed by atoms with Crippen molar-refractivity contribution in [1.29, 1.82) is 0 Å². The molecule has 1 aromatic rings. The van der Waals surface area contributed by atoms with Gasteiger partial charge in [-0.25, -0.2) is 9.97 Å². The minimum absolute atomic E-state index is 0.0931. The van der Waals surface area contributed by atoms with Crippen molar-refractivity contribution in [2.75, 3.05) is 0 Å². The molecule has 1 aromatic heterocycles. The Morgan fingerprint density at radius 1 is 1.12 bits per heavy atom. The van der Waals surface area contributed by atoms with Crippen LogP contribution in [0.5, 0.6) is 5.88 Å². The molecule has 0 N–H and O–H groups in total. The number of aromatic nitrogens is 2. The summed E-state index contributed by atoms with van der Waals surface area (Å²) >= 11 is 6.06. The summed E-state index contributed by atoms with van der Waals surface area (Å²) in [7, 11) is 0. The summed E-state index contributed by atoms with van der Waals surface area (Å²) in [6.45, 7) is 9.16. The normalized spacial score (nSPS) is 11.1. The van der Waals surface area contributed by atoms with Gasteiger partial charge in [0.25, 0.3) is 0 Å². The van der Waals surface area contributed by atoms with Crippen LogP contribution < -0.4 is 4.74 Å². The molecule has 0 aliphatic rings. The van der Waals surface area contributed by atoms with Gasteiger partial charge in [0.05, 0.1) is 5.69 Å². The summed E-state index contributed by atoms with van der Waals surface area (Å²) in [5, 5.41) is 0.375. The Morgan fingerprint density at radius 3 is 2.06 bits per heavy atom. The summed E-state index contributed by atoms with van der Waals surface area (Å²) < 4.78 is 5.08. The second kappa shape index (κ2) is 5.45. The lowest BCUT2D eigenvalue weighted by Crippen LogP contribution is -2.11. The highest BCUT2D eigenvalue weighted by molar-refractivity contribution is 6.30. The highest BCUT2D eigenvalue weighted by atomic mass is 35.5. The molecule has 0 aliphatic carbocycles. The first-order valence-electron chi connectivity index (χ1n) is 5.58. The van der Waals surface area contributed by atoms with Crippen LogP contribution in [0, 0.1) is 0 Å². The summed E-state index contributed by atoms with van der Waals surface area (Å²) in [6, 6.07) is 0. The van der Waals surface area contributed by atoms with Crippen LogP contribution in [0.25, 0.3) is 0 Å². The van der Waals surface area contributed by atoms with Gasteiger partial charge in [-0.05, 0) is 5.92 Å². The predicted octanol–water partition coefficient (Wildman–Crippen LogP) is 3.30. The first-order valence-corrected chi connectivity index (χ1v) is 5.96. The van der Waals surface area contributed by atoms with E-state index < -0.39 is 5.97 Å². The number of halogens is 1. The average Bonchev–Trinajstić information content (AvgIpc) is 2.18. The summed E-state index contributed by atoms with van der Waals surface area (Å²) in [6.07, 6.45) is 0. The molecular weight excluding hydrogens is 240 g/mol. The molecule has 0 unspecified atom stereocenters. The molecule has 0 fully saturated rings. The molecule has 1 heterocycles. The van der Waals surface area contributed by atoms with Gasteiger partial charge in [-0.2, -0.15) is 0 Å². The van der Waals surface area contributed by atoms with Gasteiger partial charge in [0, 0.05) is 12.8 Å². The molecule has 1 rings (SSSR count). The third-order valence-corrected chi connectivity index (χ3v) is 2.48. The maximum Gasteiger partial charge on any atom is 0.309 e. The molecule has 0 bridgehead atoms. The van der Waals surface area contributed by atoms with E-state index in [9.17, 15) is 4.79 Å². The number of carbonyl (C=O) groups excluding carboxylic acids is 1. The van der Waals surface area contributed by atoms with Gasteiger partial charge in [0.2, 0.25) is 5.88 Å². The summed E-state index contributed by atoms with van der Waals surface area (Å²) in [5.41, 5.74) is 1.25. The lowest BCUT2D eigenvalue weighted by Gasteiger charge is -2.14. The Kier molecular flexibility index (Phi) is 4.46. The SMILES string of the molecule is CC(=O)Oc1nc(C(C)C)c(Cl)nc1C(C)C. The maximum atomic E-state index is 11.0. The van der Waals surface area contributed by atoms with Crippen molar-refractivity contribution in [3.63, 3.8) is 0 Å². The van der Waals surface area contributed by atoms with Crippen LogP contribution in [-0.2, 0) is 4.79 Å². The molecule has 0 saturated carbocycles. The fourth-order valence-corrected chi connectivity index (χ4v) is 1.73. The molecule has 0 saturated heterocycles. The quantitative estimate of drug-likeness (QED) is 0.779. The van der Waals surface area contributed by atoms with Crippen LogP contribution in [0.3, 0.4) is 0 Å². The van der Waals surface area contributed by atoms with E-state index in [0.717, 1.165) is 0 Å². The summed E-state index contributed by atoms with van der Waals surface area (Å²) in [4.78, 5) is 19.6. The molecule has 0 aromatic carbocycles. The van der Waals surface area contributed by atoms with E-state index in [2.05, 4.69) is 9.97 Å². The second-order valence-electron chi connectivity index (χ2n) is 4.49. The van der Waals surface area contributed by atoms with E-state index in [0.29, 0.717) is 16.5 Å². The van der Waals surface area contributed by atoms with Gasteiger partial charge in [-0.1, -0.05) is 39.3 Å². The molecule has 0 amide bonds. The van der Waals surface area contributed by atoms with Crippen molar-refractivity contribution in [2.24, 2.45) is 0 Å². The third kappa shape index (κ3) is 3.40. The average molecular weight is 257 g/mol. The maximum absolute atomic E-state index is 11.0. The van der Waals surface area contributed by atoms with Gasteiger partial charge >= 0.3 is 5.97 Å². The lowest BCUT2D eigenvalue weighted by molar-refractivity contribution is -0.132. The van der Waals surface area contributed by atoms with Gasteiger partial charge in [-0.3, -0.25) is 4.79 Å². The van der Waals surface area contributed by atoms with Gasteiger partial charge in [0.1, 0.15) is 5.69 Å². The molecule has 17 heavy (non-hydrogen) atoms. The minimum atomic E-state index is -0.404. The van der Waals surface area contributed by atoms with Crippen molar-refractivity contribution < 1.29 is 9.53 Å². The van der Waals surface area contributed by atoms with E-state index >= 15 is 0 Å². The largest absolute Gasteiger partial charge is 0.406 e. The molecule has 0 aliphatic heterocycles. The van der Waals surface area contributed by atoms with Crippen LogP contribution >= 0.6 is 11.6 Å². The predicted molar refractivity (Wildman–Crippen MR) is 66.5 cm³/mol. The molecule has 94 valence electrons. The molecule has 0 atom stereocenters. The highest BCUT2D eigenvalue weighted by Crippen LogP contribution is 2.29. The first-order chi connectivity index (χ1) is 7.82. The number of hydrogen-bond donors (Lipinski definition) is 0. The molecule has 5 heteroatoms. The monoisotopic (exact) mass is 256 g/mol. The van der Waals surface area contributed by atoms with E-state index in [1.165, 1.54) is 6.92 Å². The summed E-state index contributed by atoms with van der Waals surface area (Å²) in [5.74, 6) is 0.0833. The lowest BCUT2D eigenvalue weighted by atomic mass is 10.1. The number of ether oxygens (including phenoxy) is 1.